The van der Waals surface area contributed by atoms with E-state index in [0.29, 0.717) is 6.54 Å². The molecule has 1 aliphatic heterocycles. The van der Waals surface area contributed by atoms with Crippen LogP contribution in [-0.4, -0.2) is 46.0 Å². The second-order valence-corrected chi connectivity index (χ2v) is 7.72. The lowest BCUT2D eigenvalue weighted by atomic mass is 10.0. The third kappa shape index (κ3) is 3.77. The Kier molecular flexibility index (Phi) is 5.63. The van der Waals surface area contributed by atoms with Crippen molar-refractivity contribution in [1.29, 1.82) is 0 Å². The Balaban J connectivity index is 1.66. The van der Waals surface area contributed by atoms with Crippen molar-refractivity contribution in [2.24, 2.45) is 0 Å². The van der Waals surface area contributed by atoms with Crippen LogP contribution in [0.15, 0.2) is 41.3 Å². The Morgan fingerprint density at radius 3 is 3.14 bits per heavy atom. The second-order valence-electron chi connectivity index (χ2n) is 6.86. The first-order valence-electron chi connectivity index (χ1n) is 9.40. The SMILES string of the molecule is CO[n+]1cccc(CNc2cc(N3CCCCC3CO)nc3c(Br)cnn23)c1. The summed E-state index contributed by atoms with van der Waals surface area (Å²) in [6.45, 7) is 1.65. The number of hydrogen-bond donors (Lipinski definition) is 2. The standard InChI is InChI=1S/C19H24BrN6O2/c1-28-24-7-4-5-14(12-24)10-21-17-9-18(23-19-16(20)11-22-26(17)19)25-8-3-2-6-15(25)13-27/h4-5,7,9,11-12,15,21,27H,2-3,6,8,10,13H2,1H3/q+1. The van der Waals surface area contributed by atoms with E-state index in [9.17, 15) is 5.11 Å². The van der Waals surface area contributed by atoms with E-state index in [4.69, 9.17) is 9.82 Å². The summed E-state index contributed by atoms with van der Waals surface area (Å²) in [5, 5.41) is 17.7. The number of hydrogen-bond acceptors (Lipinski definition) is 6. The summed E-state index contributed by atoms with van der Waals surface area (Å²) in [7, 11) is 1.63. The maximum atomic E-state index is 9.80. The summed E-state index contributed by atoms with van der Waals surface area (Å²) < 4.78 is 4.29. The van der Waals surface area contributed by atoms with Gasteiger partial charge in [0.05, 0.1) is 23.3 Å². The van der Waals surface area contributed by atoms with Gasteiger partial charge in [-0.2, -0.15) is 9.61 Å². The van der Waals surface area contributed by atoms with E-state index in [2.05, 4.69) is 31.2 Å². The zero-order valence-corrected chi connectivity index (χ0v) is 17.3. The summed E-state index contributed by atoms with van der Waals surface area (Å²) in [5.41, 5.74) is 1.83. The Bertz CT molecular complexity index is 963. The molecule has 4 heterocycles. The van der Waals surface area contributed by atoms with Crippen LogP contribution in [0.2, 0.25) is 0 Å². The molecule has 0 aromatic carbocycles. The number of anilines is 2. The van der Waals surface area contributed by atoms with Gasteiger partial charge in [0.2, 0.25) is 12.4 Å². The molecule has 1 saturated heterocycles. The third-order valence-corrected chi connectivity index (χ3v) is 5.63. The minimum atomic E-state index is 0.105. The Morgan fingerprint density at radius 2 is 2.32 bits per heavy atom. The fourth-order valence-corrected chi connectivity index (χ4v) is 3.95. The molecule has 4 rings (SSSR count). The normalized spacial score (nSPS) is 17.1. The van der Waals surface area contributed by atoms with Crippen LogP contribution in [0.1, 0.15) is 24.8 Å². The van der Waals surface area contributed by atoms with Gasteiger partial charge in [-0.15, -0.1) is 0 Å². The van der Waals surface area contributed by atoms with Crippen molar-refractivity contribution >= 4 is 33.2 Å². The smallest absolute Gasteiger partial charge is 0.227 e. The molecule has 3 aromatic heterocycles. The van der Waals surface area contributed by atoms with Crippen LogP contribution in [0.3, 0.4) is 0 Å². The van der Waals surface area contributed by atoms with Crippen LogP contribution >= 0.6 is 15.9 Å². The molecule has 1 unspecified atom stereocenters. The van der Waals surface area contributed by atoms with Gasteiger partial charge in [-0.3, -0.25) is 4.84 Å². The number of aromatic nitrogens is 4. The molecule has 0 bridgehead atoms. The van der Waals surface area contributed by atoms with Crippen LogP contribution in [0.4, 0.5) is 11.6 Å². The summed E-state index contributed by atoms with van der Waals surface area (Å²) in [5.74, 6) is 1.70. The molecule has 0 aliphatic carbocycles. The molecule has 0 radical (unpaired) electrons. The van der Waals surface area contributed by atoms with Crippen LogP contribution in [0.5, 0.6) is 0 Å². The zero-order chi connectivity index (χ0) is 19.5. The molecule has 9 heteroatoms. The highest BCUT2D eigenvalue weighted by Crippen LogP contribution is 2.28. The Morgan fingerprint density at radius 1 is 1.43 bits per heavy atom. The number of halogens is 1. The van der Waals surface area contributed by atoms with Crippen LogP contribution < -0.4 is 19.8 Å². The lowest BCUT2D eigenvalue weighted by molar-refractivity contribution is -0.885. The summed E-state index contributed by atoms with van der Waals surface area (Å²) in [6.07, 6.45) is 8.75. The van der Waals surface area contributed by atoms with Crippen molar-refractivity contribution in [2.75, 3.05) is 30.5 Å². The topological polar surface area (TPSA) is 78.8 Å². The van der Waals surface area contributed by atoms with Crippen molar-refractivity contribution in [3.8, 4) is 0 Å². The average Bonchev–Trinajstić information content (AvgIpc) is 3.13. The number of rotatable bonds is 6. The van der Waals surface area contributed by atoms with E-state index in [1.54, 1.807) is 22.6 Å². The quantitative estimate of drug-likeness (QED) is 0.560. The third-order valence-electron chi connectivity index (χ3n) is 5.07. The largest absolute Gasteiger partial charge is 0.394 e. The number of fused-ring (bicyclic) bond motifs is 1. The van der Waals surface area contributed by atoms with Gasteiger partial charge in [-0.1, -0.05) is 0 Å². The van der Waals surface area contributed by atoms with Gasteiger partial charge in [0, 0.05) is 35.5 Å². The predicted octanol–water partition coefficient (Wildman–Crippen LogP) is 1.80. The molecule has 8 nitrogen and oxygen atoms in total. The van der Waals surface area contributed by atoms with Gasteiger partial charge < -0.3 is 15.3 Å². The molecule has 148 valence electrons. The van der Waals surface area contributed by atoms with E-state index in [1.807, 2.05) is 30.6 Å². The predicted molar refractivity (Wildman–Crippen MR) is 109 cm³/mol. The van der Waals surface area contributed by atoms with Gasteiger partial charge in [-0.05, 0) is 41.3 Å². The fourth-order valence-electron chi connectivity index (χ4n) is 3.60. The number of nitrogens with one attached hydrogen (secondary N) is 1. The number of aliphatic hydroxyl groups excluding tert-OH is 1. The molecule has 3 aromatic rings. The van der Waals surface area contributed by atoms with E-state index < -0.39 is 0 Å². The van der Waals surface area contributed by atoms with Crippen molar-refractivity contribution in [2.45, 2.75) is 31.8 Å². The van der Waals surface area contributed by atoms with Gasteiger partial charge in [0.1, 0.15) is 18.7 Å². The lowest BCUT2D eigenvalue weighted by Crippen LogP contribution is -2.42. The molecule has 28 heavy (non-hydrogen) atoms. The Labute approximate surface area is 171 Å². The molecule has 2 N–H and O–H groups in total. The molecular formula is C19H24BrN6O2+. The maximum Gasteiger partial charge on any atom is 0.227 e. The number of nitrogens with zero attached hydrogens (tertiary/aromatic N) is 5. The van der Waals surface area contributed by atoms with Crippen molar-refractivity contribution in [3.63, 3.8) is 0 Å². The van der Waals surface area contributed by atoms with Gasteiger partial charge in [0.15, 0.2) is 5.65 Å². The maximum absolute atomic E-state index is 9.80. The van der Waals surface area contributed by atoms with E-state index in [1.165, 1.54) is 0 Å². The van der Waals surface area contributed by atoms with Crippen molar-refractivity contribution < 1.29 is 14.7 Å². The fraction of sp³-hybridized carbons (Fsp3) is 0.421. The molecule has 1 fully saturated rings. The number of pyridine rings is 1. The number of piperidine rings is 1. The minimum Gasteiger partial charge on any atom is -0.394 e. The van der Waals surface area contributed by atoms with E-state index >= 15 is 0 Å². The summed E-state index contributed by atoms with van der Waals surface area (Å²) in [4.78, 5) is 12.2. The molecule has 0 amide bonds. The first-order chi connectivity index (χ1) is 13.7. The number of aliphatic hydroxyl groups is 1. The van der Waals surface area contributed by atoms with Crippen molar-refractivity contribution in [1.82, 2.24) is 14.6 Å². The van der Waals surface area contributed by atoms with Gasteiger partial charge >= 0.3 is 0 Å². The summed E-state index contributed by atoms with van der Waals surface area (Å²) in [6, 6.07) is 6.09. The zero-order valence-electron chi connectivity index (χ0n) is 15.8. The first-order valence-corrected chi connectivity index (χ1v) is 10.2. The van der Waals surface area contributed by atoms with Gasteiger partial charge in [0.25, 0.3) is 0 Å². The molecular weight excluding hydrogens is 424 g/mol. The monoisotopic (exact) mass is 447 g/mol. The minimum absolute atomic E-state index is 0.105. The molecule has 1 aliphatic rings. The molecule has 1 atom stereocenters. The highest BCUT2D eigenvalue weighted by Gasteiger charge is 2.24. The highest BCUT2D eigenvalue weighted by molar-refractivity contribution is 9.10. The highest BCUT2D eigenvalue weighted by atomic mass is 79.9. The van der Waals surface area contributed by atoms with Crippen LogP contribution in [-0.2, 0) is 6.54 Å². The van der Waals surface area contributed by atoms with Gasteiger partial charge in [-0.25, -0.2) is 4.98 Å². The van der Waals surface area contributed by atoms with E-state index in [0.717, 1.165) is 53.1 Å². The lowest BCUT2D eigenvalue weighted by Gasteiger charge is -2.35. The first kappa shape index (κ1) is 18.9. The average molecular weight is 448 g/mol. The molecule has 0 spiro atoms. The second kappa shape index (κ2) is 8.32. The van der Waals surface area contributed by atoms with Crippen LogP contribution in [0, 0.1) is 0 Å². The van der Waals surface area contributed by atoms with Crippen LogP contribution in [0.25, 0.3) is 5.65 Å². The van der Waals surface area contributed by atoms with E-state index in [-0.39, 0.29) is 12.6 Å². The molecule has 0 saturated carbocycles. The summed E-state index contributed by atoms with van der Waals surface area (Å²) >= 11 is 3.54. The van der Waals surface area contributed by atoms with Crippen molar-refractivity contribution in [3.05, 3.63) is 46.8 Å². The Hall–Kier alpha value is -2.39.